The van der Waals surface area contributed by atoms with Gasteiger partial charge < -0.3 is 5.32 Å². The zero-order valence-electron chi connectivity index (χ0n) is 13.1. The van der Waals surface area contributed by atoms with Crippen LogP contribution in [0, 0.1) is 5.82 Å². The molecule has 4 aromatic rings. The van der Waals surface area contributed by atoms with E-state index in [2.05, 4.69) is 10.3 Å². The highest BCUT2D eigenvalue weighted by Gasteiger charge is 2.13. The molecule has 0 aliphatic rings. The number of thiazole rings is 1. The predicted molar refractivity (Wildman–Crippen MR) is 96.1 cm³/mol. The van der Waals surface area contributed by atoms with Crippen LogP contribution in [-0.2, 0) is 6.54 Å². The largest absolute Gasteiger partial charge is 0.347 e. The van der Waals surface area contributed by atoms with E-state index in [1.54, 1.807) is 18.3 Å². The second-order valence-electron chi connectivity index (χ2n) is 5.59. The third-order valence-corrected chi connectivity index (χ3v) is 4.86. The number of hydrogen-bond acceptors (Lipinski definition) is 3. The van der Waals surface area contributed by atoms with E-state index in [4.69, 9.17) is 0 Å². The van der Waals surface area contributed by atoms with Gasteiger partial charge in [-0.1, -0.05) is 53.8 Å². The van der Waals surface area contributed by atoms with Crippen molar-refractivity contribution < 1.29 is 9.18 Å². The summed E-state index contributed by atoms with van der Waals surface area (Å²) in [6.45, 7) is 0.333. The van der Waals surface area contributed by atoms with Gasteiger partial charge in [0.2, 0.25) is 0 Å². The lowest BCUT2D eigenvalue weighted by Crippen LogP contribution is -2.23. The molecule has 0 saturated heterocycles. The zero-order chi connectivity index (χ0) is 17.2. The minimum absolute atomic E-state index is 0.249. The van der Waals surface area contributed by atoms with Crippen LogP contribution in [0.5, 0.6) is 0 Å². The lowest BCUT2D eigenvalue weighted by atomic mass is 10.2. The summed E-state index contributed by atoms with van der Waals surface area (Å²) in [6, 6.07) is 16.1. The number of nitrogens with one attached hydrogen (secondary N) is 1. The molecule has 4 rings (SSSR count). The van der Waals surface area contributed by atoms with Gasteiger partial charge in [-0.2, -0.15) is 0 Å². The number of rotatable bonds is 4. The highest BCUT2D eigenvalue weighted by atomic mass is 32.1. The van der Waals surface area contributed by atoms with E-state index in [1.165, 1.54) is 23.5 Å². The normalized spacial score (nSPS) is 10.9. The van der Waals surface area contributed by atoms with Crippen LogP contribution in [0.1, 0.15) is 16.1 Å². The van der Waals surface area contributed by atoms with Crippen molar-refractivity contribution in [3.05, 3.63) is 84.1 Å². The van der Waals surface area contributed by atoms with Crippen molar-refractivity contribution in [1.82, 2.24) is 14.7 Å². The monoisotopic (exact) mass is 351 g/mol. The maximum absolute atomic E-state index is 12.9. The fourth-order valence-electron chi connectivity index (χ4n) is 2.52. The summed E-state index contributed by atoms with van der Waals surface area (Å²) >= 11 is 1.53. The summed E-state index contributed by atoms with van der Waals surface area (Å²) in [6.07, 6.45) is 3.69. The van der Waals surface area contributed by atoms with Crippen LogP contribution in [0.4, 0.5) is 4.39 Å². The number of benzene rings is 2. The third kappa shape index (κ3) is 3.29. The Bertz CT molecular complexity index is 990. The smallest absolute Gasteiger partial charge is 0.271 e. The molecule has 2 heterocycles. The molecule has 0 unspecified atom stereocenters. The first-order valence-electron chi connectivity index (χ1n) is 7.76. The molecule has 0 bridgehead atoms. The molecule has 25 heavy (non-hydrogen) atoms. The van der Waals surface area contributed by atoms with Gasteiger partial charge in [0.05, 0.1) is 4.88 Å². The van der Waals surface area contributed by atoms with E-state index in [0.29, 0.717) is 12.2 Å². The number of aromatic nitrogens is 2. The summed E-state index contributed by atoms with van der Waals surface area (Å²) in [4.78, 5) is 18.5. The van der Waals surface area contributed by atoms with E-state index in [0.717, 1.165) is 21.0 Å². The molecular weight excluding hydrogens is 337 g/mol. The molecular formula is C19H14FN3OS. The number of hydrogen-bond donors (Lipinski definition) is 1. The van der Waals surface area contributed by atoms with Crippen molar-refractivity contribution in [1.29, 1.82) is 0 Å². The first-order valence-corrected chi connectivity index (χ1v) is 8.57. The minimum atomic E-state index is -0.293. The number of carbonyl (C=O) groups excluding carboxylic acids is 1. The lowest BCUT2D eigenvalue weighted by Gasteiger charge is -2.03. The summed E-state index contributed by atoms with van der Waals surface area (Å²) in [7, 11) is 0. The molecule has 0 fully saturated rings. The first kappa shape index (κ1) is 15.5. The predicted octanol–water partition coefficient (Wildman–Crippen LogP) is 4.13. The Morgan fingerprint density at radius 1 is 1.08 bits per heavy atom. The van der Waals surface area contributed by atoms with Crippen molar-refractivity contribution >= 4 is 22.2 Å². The lowest BCUT2D eigenvalue weighted by molar-refractivity contribution is 0.0946. The molecule has 0 atom stereocenters. The highest BCUT2D eigenvalue weighted by molar-refractivity contribution is 7.20. The van der Waals surface area contributed by atoms with Gasteiger partial charge >= 0.3 is 0 Å². The summed E-state index contributed by atoms with van der Waals surface area (Å²) in [5.41, 5.74) is 2.33. The first-order chi connectivity index (χ1) is 12.2. The molecule has 4 nitrogen and oxygen atoms in total. The molecule has 0 aliphatic heterocycles. The van der Waals surface area contributed by atoms with E-state index >= 15 is 0 Å². The van der Waals surface area contributed by atoms with Gasteiger partial charge in [0.15, 0.2) is 4.96 Å². The van der Waals surface area contributed by atoms with Crippen molar-refractivity contribution in [3.8, 4) is 10.4 Å². The van der Waals surface area contributed by atoms with Gasteiger partial charge in [-0.15, -0.1) is 0 Å². The second-order valence-corrected chi connectivity index (χ2v) is 6.60. The van der Waals surface area contributed by atoms with Crippen molar-refractivity contribution in [3.63, 3.8) is 0 Å². The number of imidazole rings is 1. The van der Waals surface area contributed by atoms with Gasteiger partial charge in [0, 0.05) is 18.9 Å². The molecule has 1 N–H and O–H groups in total. The Balaban J connectivity index is 1.49. The molecule has 1 amide bonds. The maximum atomic E-state index is 12.9. The number of fused-ring (bicyclic) bond motifs is 1. The van der Waals surface area contributed by atoms with E-state index in [9.17, 15) is 9.18 Å². The zero-order valence-corrected chi connectivity index (χ0v) is 14.0. The summed E-state index contributed by atoms with van der Waals surface area (Å²) in [5, 5.41) is 2.80. The van der Waals surface area contributed by atoms with Crippen LogP contribution in [0.25, 0.3) is 15.4 Å². The quantitative estimate of drug-likeness (QED) is 0.601. The summed E-state index contributed by atoms with van der Waals surface area (Å²) < 4.78 is 14.8. The minimum Gasteiger partial charge on any atom is -0.347 e. The van der Waals surface area contributed by atoms with Crippen molar-refractivity contribution in [2.24, 2.45) is 0 Å². The Morgan fingerprint density at radius 2 is 1.84 bits per heavy atom. The van der Waals surface area contributed by atoms with E-state index in [1.807, 2.05) is 40.9 Å². The highest BCUT2D eigenvalue weighted by Crippen LogP contribution is 2.28. The average molecular weight is 351 g/mol. The molecule has 2 aromatic carbocycles. The standard InChI is InChI=1S/C19H14FN3OS/c20-15-8-6-13(7-9-15)10-21-18(24)16-11-23-12-17(25-19(23)22-16)14-4-2-1-3-5-14/h1-9,11-12H,10H2,(H,21,24). The molecule has 0 saturated carbocycles. The SMILES string of the molecule is O=C(NCc1ccc(F)cc1)c1cn2cc(-c3ccccc3)sc2n1. The Morgan fingerprint density at radius 3 is 2.56 bits per heavy atom. The van der Waals surface area contributed by atoms with Crippen molar-refractivity contribution in [2.45, 2.75) is 6.54 Å². The van der Waals surface area contributed by atoms with Gasteiger partial charge in [-0.25, -0.2) is 9.37 Å². The molecule has 2 aromatic heterocycles. The number of halogens is 1. The van der Waals surface area contributed by atoms with E-state index in [-0.39, 0.29) is 11.7 Å². The van der Waals surface area contributed by atoms with Gasteiger partial charge in [0.1, 0.15) is 11.5 Å². The van der Waals surface area contributed by atoms with E-state index < -0.39 is 0 Å². The topological polar surface area (TPSA) is 46.4 Å². The Kier molecular flexibility index (Phi) is 4.03. The second kappa shape index (κ2) is 6.49. The fourth-order valence-corrected chi connectivity index (χ4v) is 3.49. The number of amides is 1. The molecule has 6 heteroatoms. The van der Waals surface area contributed by atoms with Crippen LogP contribution >= 0.6 is 11.3 Å². The summed E-state index contributed by atoms with van der Waals surface area (Å²) in [5.74, 6) is -0.542. The molecule has 0 spiro atoms. The number of carbonyl (C=O) groups is 1. The number of nitrogens with zero attached hydrogens (tertiary/aromatic N) is 2. The van der Waals surface area contributed by atoms with Crippen LogP contribution in [-0.4, -0.2) is 15.3 Å². The van der Waals surface area contributed by atoms with Gasteiger partial charge in [0.25, 0.3) is 5.91 Å². The van der Waals surface area contributed by atoms with Crippen molar-refractivity contribution in [2.75, 3.05) is 0 Å². The molecule has 0 aliphatic carbocycles. The Hall–Kier alpha value is -2.99. The van der Waals surface area contributed by atoms with Crippen LogP contribution < -0.4 is 5.32 Å². The maximum Gasteiger partial charge on any atom is 0.271 e. The Labute approximate surface area is 147 Å². The van der Waals surface area contributed by atoms with Crippen LogP contribution in [0.3, 0.4) is 0 Å². The fraction of sp³-hybridized carbons (Fsp3) is 0.0526. The van der Waals surface area contributed by atoms with Gasteiger partial charge in [-0.05, 0) is 23.3 Å². The van der Waals surface area contributed by atoms with Crippen LogP contribution in [0.2, 0.25) is 0 Å². The van der Waals surface area contributed by atoms with Gasteiger partial charge in [-0.3, -0.25) is 9.20 Å². The molecule has 124 valence electrons. The average Bonchev–Trinajstić information content (AvgIpc) is 3.21. The van der Waals surface area contributed by atoms with Crippen LogP contribution in [0.15, 0.2) is 67.0 Å². The third-order valence-electron chi connectivity index (χ3n) is 3.81. The molecule has 0 radical (unpaired) electrons.